The molecule has 28 heavy (non-hydrogen) atoms. The summed E-state index contributed by atoms with van der Waals surface area (Å²) in [7, 11) is 0. The monoisotopic (exact) mass is 387 g/mol. The maximum Gasteiger partial charge on any atom is 0.290 e. The molecule has 2 aromatic heterocycles. The van der Waals surface area contributed by atoms with E-state index in [1.165, 1.54) is 12.4 Å². The van der Waals surface area contributed by atoms with Gasteiger partial charge in [-0.2, -0.15) is 0 Å². The number of aromatic amines is 1. The first kappa shape index (κ1) is 19.8. The third kappa shape index (κ3) is 5.28. The Hall–Kier alpha value is -2.97. The molecular weight excluding hydrogens is 362 g/mol. The molecule has 9 heteroatoms. The summed E-state index contributed by atoms with van der Waals surface area (Å²) in [5.41, 5.74) is 1.20. The quantitative estimate of drug-likeness (QED) is 0.649. The van der Waals surface area contributed by atoms with Crippen molar-refractivity contribution in [2.45, 2.75) is 51.5 Å². The molecule has 9 nitrogen and oxygen atoms in total. The molecule has 150 valence electrons. The summed E-state index contributed by atoms with van der Waals surface area (Å²) in [6.45, 7) is 2.39. The van der Waals surface area contributed by atoms with Gasteiger partial charge in [0, 0.05) is 42.8 Å². The van der Waals surface area contributed by atoms with E-state index in [4.69, 9.17) is 4.52 Å². The molecule has 3 N–H and O–H groups in total. The van der Waals surface area contributed by atoms with Crippen molar-refractivity contribution in [3.05, 3.63) is 46.0 Å². The van der Waals surface area contributed by atoms with Crippen LogP contribution in [-0.2, 0) is 17.6 Å². The first-order valence-corrected chi connectivity index (χ1v) is 9.63. The Balaban J connectivity index is 1.38. The zero-order chi connectivity index (χ0) is 19.9. The smallest absolute Gasteiger partial charge is 0.290 e. The molecule has 2 amide bonds. The van der Waals surface area contributed by atoms with Crippen molar-refractivity contribution < 1.29 is 14.1 Å². The van der Waals surface area contributed by atoms with E-state index in [1.54, 1.807) is 6.07 Å². The molecule has 2 heterocycles. The van der Waals surface area contributed by atoms with Crippen molar-refractivity contribution in [3.63, 3.8) is 0 Å². The summed E-state index contributed by atoms with van der Waals surface area (Å²) in [4.78, 5) is 42.3. The van der Waals surface area contributed by atoms with E-state index in [9.17, 15) is 14.4 Å². The predicted octanol–water partition coefficient (Wildman–Crippen LogP) is 0.968. The molecule has 0 atom stereocenters. The second-order valence-corrected chi connectivity index (χ2v) is 7.00. The lowest BCUT2D eigenvalue weighted by Crippen LogP contribution is -2.41. The van der Waals surface area contributed by atoms with Crippen LogP contribution in [0.15, 0.2) is 27.8 Å². The molecular formula is C19H25N5O4. The van der Waals surface area contributed by atoms with Gasteiger partial charge in [0.15, 0.2) is 0 Å². The van der Waals surface area contributed by atoms with E-state index in [2.05, 4.69) is 25.8 Å². The fourth-order valence-electron chi connectivity index (χ4n) is 3.35. The van der Waals surface area contributed by atoms with Crippen LogP contribution in [0.5, 0.6) is 0 Å². The van der Waals surface area contributed by atoms with E-state index < -0.39 is 0 Å². The lowest BCUT2D eigenvalue weighted by molar-refractivity contribution is -0.126. The number of nitrogens with one attached hydrogen (secondary N) is 3. The van der Waals surface area contributed by atoms with Crippen molar-refractivity contribution in [2.24, 2.45) is 5.92 Å². The van der Waals surface area contributed by atoms with Crippen molar-refractivity contribution in [1.29, 1.82) is 0 Å². The highest BCUT2D eigenvalue weighted by atomic mass is 16.5. The summed E-state index contributed by atoms with van der Waals surface area (Å²) < 4.78 is 5.05. The van der Waals surface area contributed by atoms with Crippen LogP contribution in [0.3, 0.4) is 0 Å². The minimum Gasteiger partial charge on any atom is -0.355 e. The molecule has 0 unspecified atom stereocenters. The fraction of sp³-hybridized carbons (Fsp3) is 0.526. The van der Waals surface area contributed by atoms with Crippen LogP contribution in [0.2, 0.25) is 0 Å². The van der Waals surface area contributed by atoms with Crippen LogP contribution in [-0.4, -0.2) is 39.5 Å². The van der Waals surface area contributed by atoms with E-state index in [1.807, 2.05) is 6.92 Å². The highest BCUT2D eigenvalue weighted by Crippen LogP contribution is 2.24. The second-order valence-electron chi connectivity index (χ2n) is 7.00. The second kappa shape index (κ2) is 9.29. The maximum absolute atomic E-state index is 12.3. The van der Waals surface area contributed by atoms with E-state index in [-0.39, 0.29) is 35.1 Å². The summed E-state index contributed by atoms with van der Waals surface area (Å²) >= 11 is 0. The van der Waals surface area contributed by atoms with Gasteiger partial charge in [0.05, 0.1) is 12.0 Å². The average molecular weight is 387 g/mol. The van der Waals surface area contributed by atoms with Gasteiger partial charge >= 0.3 is 0 Å². The Labute approximate surface area is 162 Å². The molecule has 1 fully saturated rings. The summed E-state index contributed by atoms with van der Waals surface area (Å²) in [5, 5.41) is 9.69. The zero-order valence-corrected chi connectivity index (χ0v) is 15.9. The van der Waals surface area contributed by atoms with E-state index in [0.29, 0.717) is 25.1 Å². The molecule has 0 saturated heterocycles. The molecule has 0 radical (unpaired) electrons. The molecule has 0 bridgehead atoms. The van der Waals surface area contributed by atoms with Gasteiger partial charge in [0.25, 0.3) is 11.5 Å². The standard InChI is InChI=1S/C19H25N5O4/c1-2-13-9-16(28-24-13)19(27)23-14-5-3-12(4-6-14)18(26)20-8-7-15-10-17(25)22-11-21-15/h9-12,14H,2-8H2,1H3,(H,20,26)(H,23,27)(H,21,22,25). The van der Waals surface area contributed by atoms with Crippen molar-refractivity contribution in [3.8, 4) is 0 Å². The van der Waals surface area contributed by atoms with Crippen molar-refractivity contribution >= 4 is 11.8 Å². The number of amides is 2. The highest BCUT2D eigenvalue weighted by molar-refractivity contribution is 5.91. The highest BCUT2D eigenvalue weighted by Gasteiger charge is 2.27. The van der Waals surface area contributed by atoms with Gasteiger partial charge < -0.3 is 20.1 Å². The number of H-pyrrole nitrogens is 1. The molecule has 1 aliphatic carbocycles. The van der Waals surface area contributed by atoms with Crippen molar-refractivity contribution in [2.75, 3.05) is 6.54 Å². The number of carbonyl (C=O) groups is 2. The SMILES string of the molecule is CCc1cc(C(=O)NC2CCC(C(=O)NCCc3cc(=O)[nH]cn3)CC2)on1. The Morgan fingerprint density at radius 2 is 2.00 bits per heavy atom. The van der Waals surface area contributed by atoms with Gasteiger partial charge in [-0.05, 0) is 32.1 Å². The average Bonchev–Trinajstić information content (AvgIpc) is 3.18. The van der Waals surface area contributed by atoms with E-state index in [0.717, 1.165) is 31.4 Å². The van der Waals surface area contributed by atoms with Crippen LogP contribution in [0.1, 0.15) is 54.5 Å². The first-order chi connectivity index (χ1) is 13.5. The summed E-state index contributed by atoms with van der Waals surface area (Å²) in [6.07, 6.45) is 5.51. The zero-order valence-electron chi connectivity index (χ0n) is 15.9. The number of aromatic nitrogens is 3. The van der Waals surface area contributed by atoms with Crippen LogP contribution >= 0.6 is 0 Å². The van der Waals surface area contributed by atoms with Gasteiger partial charge in [0.1, 0.15) is 0 Å². The number of carbonyl (C=O) groups excluding carboxylic acids is 2. The molecule has 0 aromatic carbocycles. The maximum atomic E-state index is 12.3. The molecule has 3 rings (SSSR count). The molecule has 2 aromatic rings. The minimum atomic E-state index is -0.259. The number of hydrogen-bond donors (Lipinski definition) is 3. The normalized spacial score (nSPS) is 19.2. The van der Waals surface area contributed by atoms with Crippen LogP contribution < -0.4 is 16.2 Å². The van der Waals surface area contributed by atoms with Crippen molar-refractivity contribution in [1.82, 2.24) is 25.8 Å². The van der Waals surface area contributed by atoms with Crippen LogP contribution in [0.25, 0.3) is 0 Å². The Kier molecular flexibility index (Phi) is 6.57. The summed E-state index contributed by atoms with van der Waals surface area (Å²) in [5.74, 6) is -0.0785. The number of rotatable bonds is 7. The summed E-state index contributed by atoms with van der Waals surface area (Å²) in [6, 6.07) is 3.12. The lowest BCUT2D eigenvalue weighted by Gasteiger charge is -2.28. The number of aryl methyl sites for hydroxylation is 1. The van der Waals surface area contributed by atoms with Crippen LogP contribution in [0, 0.1) is 5.92 Å². The van der Waals surface area contributed by atoms with E-state index >= 15 is 0 Å². The number of nitrogens with zero attached hydrogens (tertiary/aromatic N) is 2. The number of hydrogen-bond acceptors (Lipinski definition) is 6. The molecule has 1 saturated carbocycles. The van der Waals surface area contributed by atoms with Gasteiger partial charge in [-0.15, -0.1) is 0 Å². The van der Waals surface area contributed by atoms with Crippen LogP contribution in [0.4, 0.5) is 0 Å². The van der Waals surface area contributed by atoms with Gasteiger partial charge in [-0.1, -0.05) is 12.1 Å². The topological polar surface area (TPSA) is 130 Å². The van der Waals surface area contributed by atoms with Gasteiger partial charge in [-0.3, -0.25) is 14.4 Å². The Bertz CT molecular complexity index is 867. The largest absolute Gasteiger partial charge is 0.355 e. The predicted molar refractivity (Wildman–Crippen MR) is 101 cm³/mol. The molecule has 0 spiro atoms. The third-order valence-electron chi connectivity index (χ3n) is 4.99. The third-order valence-corrected chi connectivity index (χ3v) is 4.99. The minimum absolute atomic E-state index is 0.0115. The molecule has 0 aliphatic heterocycles. The lowest BCUT2D eigenvalue weighted by atomic mass is 9.85. The van der Waals surface area contributed by atoms with Gasteiger partial charge in [-0.25, -0.2) is 4.98 Å². The van der Waals surface area contributed by atoms with Gasteiger partial charge in [0.2, 0.25) is 11.7 Å². The molecule has 1 aliphatic rings. The first-order valence-electron chi connectivity index (χ1n) is 9.63. The Morgan fingerprint density at radius 3 is 2.68 bits per heavy atom. The Morgan fingerprint density at radius 1 is 1.21 bits per heavy atom. The fourth-order valence-corrected chi connectivity index (χ4v) is 3.35.